The van der Waals surface area contributed by atoms with E-state index in [-0.39, 0.29) is 24.3 Å². The zero-order valence-corrected chi connectivity index (χ0v) is 18.6. The van der Waals surface area contributed by atoms with Gasteiger partial charge in [-0.3, -0.25) is 15.1 Å². The summed E-state index contributed by atoms with van der Waals surface area (Å²) < 4.78 is 0. The van der Waals surface area contributed by atoms with E-state index in [9.17, 15) is 9.90 Å². The Morgan fingerprint density at radius 2 is 1.90 bits per heavy atom. The molecule has 3 rings (SSSR count). The molecule has 1 amide bonds. The Morgan fingerprint density at radius 3 is 2.67 bits per heavy atom. The molecule has 8 nitrogen and oxygen atoms in total. The zero-order valence-electron chi connectivity index (χ0n) is 18.6. The maximum Gasteiger partial charge on any atom is 0.256 e. The molecule has 0 aromatic heterocycles. The molecular weight excluding hydrogens is 380 g/mol. The molecule has 0 radical (unpaired) electrons. The van der Waals surface area contributed by atoms with Crippen molar-refractivity contribution in [3.8, 4) is 0 Å². The van der Waals surface area contributed by atoms with Crippen molar-refractivity contribution in [2.45, 2.75) is 89.7 Å². The van der Waals surface area contributed by atoms with Crippen molar-refractivity contribution in [2.24, 2.45) is 4.99 Å². The molecule has 5 N–H and O–H groups in total. The second kappa shape index (κ2) is 11.7. The Balaban J connectivity index is 1.60. The van der Waals surface area contributed by atoms with Crippen LogP contribution in [0.3, 0.4) is 0 Å². The van der Waals surface area contributed by atoms with E-state index in [0.29, 0.717) is 18.2 Å². The maximum atomic E-state index is 13.0. The van der Waals surface area contributed by atoms with E-state index in [1.54, 1.807) is 6.21 Å². The minimum Gasteiger partial charge on any atom is -0.393 e. The summed E-state index contributed by atoms with van der Waals surface area (Å²) in [7, 11) is 0. The van der Waals surface area contributed by atoms with E-state index in [0.717, 1.165) is 76.8 Å². The van der Waals surface area contributed by atoms with Crippen LogP contribution >= 0.6 is 0 Å². The van der Waals surface area contributed by atoms with Crippen molar-refractivity contribution in [1.82, 2.24) is 26.2 Å². The van der Waals surface area contributed by atoms with Gasteiger partial charge in [0.05, 0.1) is 11.7 Å². The summed E-state index contributed by atoms with van der Waals surface area (Å²) in [6.45, 7) is 8.05. The van der Waals surface area contributed by atoms with Gasteiger partial charge in [0.2, 0.25) is 0 Å². The number of piperidine rings is 1. The maximum absolute atomic E-state index is 13.0. The van der Waals surface area contributed by atoms with E-state index in [1.807, 2.05) is 0 Å². The molecule has 2 unspecified atom stereocenters. The number of nitrogens with zero attached hydrogens (tertiary/aromatic N) is 2. The van der Waals surface area contributed by atoms with Crippen LogP contribution in [0.1, 0.15) is 65.2 Å². The van der Waals surface area contributed by atoms with E-state index in [2.05, 4.69) is 45.0 Å². The lowest BCUT2D eigenvalue weighted by atomic mass is 10.0. The first kappa shape index (κ1) is 23.0. The van der Waals surface area contributed by atoms with Crippen LogP contribution in [0.15, 0.2) is 16.4 Å². The summed E-state index contributed by atoms with van der Waals surface area (Å²) in [6.07, 6.45) is 8.93. The third-order valence-electron chi connectivity index (χ3n) is 6.31. The van der Waals surface area contributed by atoms with Crippen LogP contribution in [0, 0.1) is 0 Å². The molecule has 30 heavy (non-hydrogen) atoms. The van der Waals surface area contributed by atoms with Crippen molar-refractivity contribution in [3.05, 3.63) is 11.4 Å². The molecule has 170 valence electrons. The van der Waals surface area contributed by atoms with Crippen LogP contribution in [0.4, 0.5) is 0 Å². The third-order valence-corrected chi connectivity index (χ3v) is 6.31. The Hall–Kier alpha value is -1.64. The molecule has 3 aliphatic heterocycles. The summed E-state index contributed by atoms with van der Waals surface area (Å²) in [5, 5.41) is 23.4. The van der Waals surface area contributed by atoms with Crippen LogP contribution in [-0.2, 0) is 4.79 Å². The molecule has 0 aliphatic carbocycles. The first-order valence-corrected chi connectivity index (χ1v) is 11.8. The molecular formula is C22H40N6O2. The van der Waals surface area contributed by atoms with Crippen molar-refractivity contribution >= 4 is 12.1 Å². The zero-order chi connectivity index (χ0) is 21.3. The fraction of sp³-hybridized carbons (Fsp3) is 0.818. The van der Waals surface area contributed by atoms with Gasteiger partial charge < -0.3 is 26.0 Å². The number of aliphatic hydroxyl groups excluding tert-OH is 1. The lowest BCUT2D eigenvalue weighted by Crippen LogP contribution is -2.50. The van der Waals surface area contributed by atoms with Crippen molar-refractivity contribution in [1.29, 1.82) is 0 Å². The number of nitrogens with one attached hydrogen (secondary N) is 4. The number of amides is 1. The lowest BCUT2D eigenvalue weighted by Gasteiger charge is -2.35. The van der Waals surface area contributed by atoms with Crippen molar-refractivity contribution < 1.29 is 9.90 Å². The van der Waals surface area contributed by atoms with Crippen LogP contribution < -0.4 is 21.3 Å². The summed E-state index contributed by atoms with van der Waals surface area (Å²) in [5.74, 6) is 0.655. The van der Waals surface area contributed by atoms with Crippen molar-refractivity contribution in [2.75, 3.05) is 26.2 Å². The Kier molecular flexibility index (Phi) is 8.96. The molecule has 2 saturated heterocycles. The van der Waals surface area contributed by atoms with Gasteiger partial charge in [0.25, 0.3) is 5.91 Å². The number of hydrogen-bond donors (Lipinski definition) is 5. The Bertz CT molecular complexity index is 613. The first-order chi connectivity index (χ1) is 14.5. The first-order valence-electron chi connectivity index (χ1n) is 11.8. The third kappa shape index (κ3) is 6.96. The normalized spacial score (nSPS) is 27.9. The Labute approximate surface area is 181 Å². The quantitative estimate of drug-likeness (QED) is 0.468. The topological polar surface area (TPSA) is 101 Å². The van der Waals surface area contributed by atoms with E-state index >= 15 is 0 Å². The van der Waals surface area contributed by atoms with E-state index < -0.39 is 0 Å². The summed E-state index contributed by atoms with van der Waals surface area (Å²) in [4.78, 5) is 20.0. The minimum atomic E-state index is -0.232. The molecule has 3 heterocycles. The van der Waals surface area contributed by atoms with Crippen LogP contribution in [0.25, 0.3) is 0 Å². The lowest BCUT2D eigenvalue weighted by molar-refractivity contribution is -0.118. The van der Waals surface area contributed by atoms with Crippen LogP contribution in [-0.4, -0.2) is 72.8 Å². The van der Waals surface area contributed by atoms with Gasteiger partial charge in [0.1, 0.15) is 5.82 Å². The predicted octanol–water partition coefficient (Wildman–Crippen LogP) is 1.04. The summed E-state index contributed by atoms with van der Waals surface area (Å²) >= 11 is 0. The molecule has 0 aromatic carbocycles. The largest absolute Gasteiger partial charge is 0.393 e. The predicted molar refractivity (Wildman–Crippen MR) is 120 cm³/mol. The second-order valence-corrected chi connectivity index (χ2v) is 9.02. The molecule has 8 heteroatoms. The highest BCUT2D eigenvalue weighted by molar-refractivity contribution is 6.13. The van der Waals surface area contributed by atoms with Gasteiger partial charge >= 0.3 is 0 Å². The van der Waals surface area contributed by atoms with Gasteiger partial charge in [-0.25, -0.2) is 0 Å². The fourth-order valence-corrected chi connectivity index (χ4v) is 4.33. The average molecular weight is 421 g/mol. The highest BCUT2D eigenvalue weighted by atomic mass is 16.3. The summed E-state index contributed by atoms with van der Waals surface area (Å²) in [6, 6.07) is 0.761. The molecule has 2 bridgehead atoms. The molecule has 2 atom stereocenters. The number of aliphatic imine (C=N–C) groups is 1. The smallest absolute Gasteiger partial charge is 0.256 e. The number of carbonyl (C=O) groups is 1. The van der Waals surface area contributed by atoms with Gasteiger partial charge in [-0.05, 0) is 58.9 Å². The number of likely N-dealkylation sites (tertiary alicyclic amines) is 1. The minimum absolute atomic E-state index is 0.0728. The van der Waals surface area contributed by atoms with Gasteiger partial charge in [-0.15, -0.1) is 0 Å². The average Bonchev–Trinajstić information content (AvgIpc) is 2.73. The highest BCUT2D eigenvalue weighted by Gasteiger charge is 2.26. The van der Waals surface area contributed by atoms with Gasteiger partial charge in [-0.1, -0.05) is 12.8 Å². The molecule has 0 saturated carbocycles. The number of rotatable bonds is 3. The van der Waals surface area contributed by atoms with Gasteiger partial charge in [0.15, 0.2) is 6.29 Å². The Morgan fingerprint density at radius 1 is 1.13 bits per heavy atom. The monoisotopic (exact) mass is 420 g/mol. The fourth-order valence-electron chi connectivity index (χ4n) is 4.33. The molecule has 0 spiro atoms. The SMILES string of the molecule is CC(C)N1CCC(NC(=O)C2=C3NCCCC(O)CCCCCNC(N=C2)N3)CC1. The van der Waals surface area contributed by atoms with E-state index in [1.165, 1.54) is 0 Å². The highest BCUT2D eigenvalue weighted by Crippen LogP contribution is 2.15. The second-order valence-electron chi connectivity index (χ2n) is 9.02. The number of carbonyl (C=O) groups excluding carboxylic acids is 1. The molecule has 3 aliphatic rings. The number of aliphatic hydroxyl groups is 1. The molecule has 2 fully saturated rings. The van der Waals surface area contributed by atoms with Gasteiger partial charge in [0, 0.05) is 37.9 Å². The van der Waals surface area contributed by atoms with Gasteiger partial charge in [-0.2, -0.15) is 0 Å². The molecule has 0 aromatic rings. The number of fused-ring (bicyclic) bond motifs is 2. The van der Waals surface area contributed by atoms with Crippen molar-refractivity contribution in [3.63, 3.8) is 0 Å². The standard InChI is InChI=1S/C22H40N6O2/c1-16(2)28-13-9-17(10-14-28)26-21(30)19-15-25-22-24-11-5-3-4-7-18(29)8-6-12-23-20(19)27-22/h15-18,22-24,27,29H,3-14H2,1-2H3,(H,26,30). The summed E-state index contributed by atoms with van der Waals surface area (Å²) in [5.41, 5.74) is 0.562. The van der Waals surface area contributed by atoms with Crippen LogP contribution in [0.2, 0.25) is 0 Å². The van der Waals surface area contributed by atoms with E-state index in [4.69, 9.17) is 0 Å². The van der Waals surface area contributed by atoms with Crippen LogP contribution in [0.5, 0.6) is 0 Å². The number of hydrogen-bond acceptors (Lipinski definition) is 7.